The molecule has 1 amide bonds. The lowest BCUT2D eigenvalue weighted by molar-refractivity contribution is -0.132. The Bertz CT molecular complexity index is 844. The van der Waals surface area contributed by atoms with Crippen LogP contribution in [0.3, 0.4) is 0 Å². The van der Waals surface area contributed by atoms with Gasteiger partial charge in [-0.25, -0.2) is 4.98 Å². The molecule has 2 heterocycles. The van der Waals surface area contributed by atoms with Gasteiger partial charge in [-0.15, -0.1) is 0 Å². The highest BCUT2D eigenvalue weighted by atomic mass is 79.9. The van der Waals surface area contributed by atoms with Crippen molar-refractivity contribution in [3.05, 3.63) is 58.7 Å². The fourth-order valence-electron chi connectivity index (χ4n) is 3.92. The largest absolute Gasteiger partial charge is 0.353 e. The quantitative estimate of drug-likeness (QED) is 0.631. The number of hydrogen-bond donors (Lipinski definition) is 0. The molecule has 2 aromatic rings. The van der Waals surface area contributed by atoms with E-state index >= 15 is 0 Å². The van der Waals surface area contributed by atoms with Crippen molar-refractivity contribution in [3.63, 3.8) is 0 Å². The molecule has 152 valence electrons. The van der Waals surface area contributed by atoms with Gasteiger partial charge in [0.15, 0.2) is 0 Å². The lowest BCUT2D eigenvalue weighted by Crippen LogP contribution is -2.49. The highest BCUT2D eigenvalue weighted by molar-refractivity contribution is 9.10. The average molecular weight is 456 g/mol. The number of hydrogen-bond acceptors (Lipinski definition) is 4. The second-order valence-electron chi connectivity index (χ2n) is 7.95. The van der Waals surface area contributed by atoms with Gasteiger partial charge in [0.2, 0.25) is 5.91 Å². The Balaban J connectivity index is 1.38. The molecule has 0 spiro atoms. The Hall–Kier alpha value is -2.21. The Morgan fingerprint density at radius 2 is 1.72 bits per heavy atom. The van der Waals surface area contributed by atoms with Gasteiger partial charge < -0.3 is 9.80 Å². The third kappa shape index (κ3) is 5.24. The van der Waals surface area contributed by atoms with Crippen LogP contribution >= 0.6 is 15.9 Å². The molecule has 0 radical (unpaired) electrons. The summed E-state index contributed by atoms with van der Waals surface area (Å²) in [4.78, 5) is 34.1. The lowest BCUT2D eigenvalue weighted by atomic mass is 9.89. The number of piperazine rings is 1. The van der Waals surface area contributed by atoms with Crippen LogP contribution < -0.4 is 4.90 Å². The molecule has 1 aliphatic carbocycles. The molecular weight excluding hydrogens is 430 g/mol. The molecule has 0 bridgehead atoms. The van der Waals surface area contributed by atoms with Crippen molar-refractivity contribution < 1.29 is 9.59 Å². The third-order valence-electron chi connectivity index (χ3n) is 5.85. The number of Topliss-reactive ketones (excluding diaryl/α,β-unsaturated/α-hetero) is 1. The maximum Gasteiger partial charge on any atom is 0.223 e. The van der Waals surface area contributed by atoms with E-state index in [1.54, 1.807) is 6.20 Å². The minimum absolute atomic E-state index is 0.0440. The van der Waals surface area contributed by atoms with Gasteiger partial charge in [0, 0.05) is 55.6 Å². The zero-order chi connectivity index (χ0) is 20.2. The monoisotopic (exact) mass is 455 g/mol. The molecular formula is C23H26BrN3O2. The van der Waals surface area contributed by atoms with E-state index in [0.29, 0.717) is 31.7 Å². The van der Waals surface area contributed by atoms with E-state index < -0.39 is 0 Å². The Labute approximate surface area is 180 Å². The van der Waals surface area contributed by atoms with Gasteiger partial charge in [0.1, 0.15) is 11.6 Å². The van der Waals surface area contributed by atoms with Crippen LogP contribution in [0.1, 0.15) is 37.2 Å². The SMILES string of the molecule is O=C(CC(CC(=O)N1CCN(c2ccccn2)CC1)c1ccc(Br)cc1)C1CC1. The van der Waals surface area contributed by atoms with Gasteiger partial charge in [0.05, 0.1) is 0 Å². The van der Waals surface area contributed by atoms with E-state index in [1.807, 2.05) is 47.4 Å². The predicted molar refractivity (Wildman–Crippen MR) is 117 cm³/mol. The number of aromatic nitrogens is 1. The molecule has 5 nitrogen and oxygen atoms in total. The summed E-state index contributed by atoms with van der Waals surface area (Å²) in [6.07, 6.45) is 4.67. The van der Waals surface area contributed by atoms with Gasteiger partial charge in [0.25, 0.3) is 0 Å². The molecule has 1 saturated carbocycles. The van der Waals surface area contributed by atoms with E-state index in [1.165, 1.54) is 0 Å². The second kappa shape index (κ2) is 9.08. The summed E-state index contributed by atoms with van der Waals surface area (Å²) in [7, 11) is 0. The van der Waals surface area contributed by atoms with Crippen LogP contribution in [0.15, 0.2) is 53.1 Å². The van der Waals surface area contributed by atoms with E-state index in [4.69, 9.17) is 0 Å². The molecule has 1 aromatic carbocycles. The summed E-state index contributed by atoms with van der Waals surface area (Å²) in [5, 5.41) is 0. The van der Waals surface area contributed by atoms with Crippen LogP contribution in [0, 0.1) is 5.92 Å². The molecule has 1 unspecified atom stereocenters. The molecule has 1 saturated heterocycles. The molecule has 1 atom stereocenters. The number of nitrogens with zero attached hydrogens (tertiary/aromatic N) is 3. The molecule has 6 heteroatoms. The van der Waals surface area contributed by atoms with E-state index in [-0.39, 0.29) is 17.7 Å². The zero-order valence-electron chi connectivity index (χ0n) is 16.5. The molecule has 1 aromatic heterocycles. The fourth-order valence-corrected chi connectivity index (χ4v) is 4.19. The number of carbonyl (C=O) groups excluding carboxylic acids is 2. The maximum absolute atomic E-state index is 13.0. The van der Waals surface area contributed by atoms with Gasteiger partial charge in [-0.3, -0.25) is 9.59 Å². The number of amides is 1. The van der Waals surface area contributed by atoms with Gasteiger partial charge in [-0.05, 0) is 48.6 Å². The fraction of sp³-hybridized carbons (Fsp3) is 0.435. The summed E-state index contributed by atoms with van der Waals surface area (Å²) < 4.78 is 1.01. The molecule has 4 rings (SSSR count). The van der Waals surface area contributed by atoms with E-state index in [2.05, 4.69) is 25.8 Å². The zero-order valence-corrected chi connectivity index (χ0v) is 18.1. The van der Waals surface area contributed by atoms with Crippen molar-refractivity contribution in [1.82, 2.24) is 9.88 Å². The normalized spacial score (nSPS) is 17.8. The summed E-state index contributed by atoms with van der Waals surface area (Å²) in [5.41, 5.74) is 1.07. The van der Waals surface area contributed by atoms with Crippen molar-refractivity contribution in [3.8, 4) is 0 Å². The van der Waals surface area contributed by atoms with Crippen molar-refractivity contribution in [2.45, 2.75) is 31.6 Å². The van der Waals surface area contributed by atoms with Gasteiger partial charge >= 0.3 is 0 Å². The molecule has 29 heavy (non-hydrogen) atoms. The van der Waals surface area contributed by atoms with Crippen LogP contribution in [-0.2, 0) is 9.59 Å². The Morgan fingerprint density at radius 3 is 2.34 bits per heavy atom. The minimum Gasteiger partial charge on any atom is -0.353 e. The smallest absolute Gasteiger partial charge is 0.223 e. The second-order valence-corrected chi connectivity index (χ2v) is 8.87. The van der Waals surface area contributed by atoms with Crippen LogP contribution in [-0.4, -0.2) is 47.8 Å². The third-order valence-corrected chi connectivity index (χ3v) is 6.38. The topological polar surface area (TPSA) is 53.5 Å². The number of halogens is 1. The number of benzene rings is 1. The number of ketones is 1. The summed E-state index contributed by atoms with van der Waals surface area (Å²) in [6, 6.07) is 13.9. The average Bonchev–Trinajstić information content (AvgIpc) is 3.60. The molecule has 0 N–H and O–H groups in total. The van der Waals surface area contributed by atoms with Crippen molar-refractivity contribution in [2.24, 2.45) is 5.92 Å². The highest BCUT2D eigenvalue weighted by Gasteiger charge is 2.33. The summed E-state index contributed by atoms with van der Waals surface area (Å²) in [6.45, 7) is 2.96. The molecule has 1 aliphatic heterocycles. The number of pyridine rings is 1. The number of rotatable bonds is 7. The maximum atomic E-state index is 13.0. The van der Waals surface area contributed by atoms with Crippen molar-refractivity contribution >= 4 is 33.4 Å². The lowest BCUT2D eigenvalue weighted by Gasteiger charge is -2.36. The number of carbonyl (C=O) groups is 2. The first-order valence-corrected chi connectivity index (χ1v) is 11.1. The number of anilines is 1. The van der Waals surface area contributed by atoms with E-state index in [0.717, 1.165) is 41.8 Å². The van der Waals surface area contributed by atoms with Gasteiger partial charge in [-0.2, -0.15) is 0 Å². The first-order valence-electron chi connectivity index (χ1n) is 10.3. The van der Waals surface area contributed by atoms with Crippen LogP contribution in [0.4, 0.5) is 5.82 Å². The Kier molecular flexibility index (Phi) is 6.28. The molecule has 2 fully saturated rings. The van der Waals surface area contributed by atoms with Crippen LogP contribution in [0.5, 0.6) is 0 Å². The van der Waals surface area contributed by atoms with E-state index in [9.17, 15) is 9.59 Å². The summed E-state index contributed by atoms with van der Waals surface area (Å²) in [5.74, 6) is 1.60. The minimum atomic E-state index is -0.0440. The predicted octanol–water partition coefficient (Wildman–Crippen LogP) is 4.04. The first kappa shape index (κ1) is 20.1. The first-order chi connectivity index (χ1) is 14.1. The summed E-state index contributed by atoms with van der Waals surface area (Å²) >= 11 is 3.47. The van der Waals surface area contributed by atoms with Crippen LogP contribution in [0.2, 0.25) is 0 Å². The molecule has 2 aliphatic rings. The standard InChI is InChI=1S/C23H26BrN3O2/c24-20-8-6-17(7-9-20)19(15-21(28)18-4-5-18)16-23(29)27-13-11-26(12-14-27)22-3-1-2-10-25-22/h1-3,6-10,18-19H,4-5,11-16H2. The Morgan fingerprint density at radius 1 is 1.00 bits per heavy atom. The highest BCUT2D eigenvalue weighted by Crippen LogP contribution is 2.35. The van der Waals surface area contributed by atoms with Crippen molar-refractivity contribution in [1.29, 1.82) is 0 Å². The van der Waals surface area contributed by atoms with Crippen LogP contribution in [0.25, 0.3) is 0 Å². The van der Waals surface area contributed by atoms with Gasteiger partial charge in [-0.1, -0.05) is 34.1 Å². The van der Waals surface area contributed by atoms with Crippen molar-refractivity contribution in [2.75, 3.05) is 31.1 Å².